The van der Waals surface area contributed by atoms with E-state index in [4.69, 9.17) is 9.47 Å². The van der Waals surface area contributed by atoms with Gasteiger partial charge in [-0.2, -0.15) is 0 Å². The zero-order chi connectivity index (χ0) is 13.9. The van der Waals surface area contributed by atoms with E-state index in [0.29, 0.717) is 32.8 Å². The van der Waals surface area contributed by atoms with Crippen LogP contribution in [0, 0.1) is 0 Å². The summed E-state index contributed by atoms with van der Waals surface area (Å²) in [6.07, 6.45) is 3.16. The molecular formula is C13H20N4O3. The normalized spacial score (nSPS) is 25.1. The maximum atomic E-state index is 12.2. The average molecular weight is 280 g/mol. The monoisotopic (exact) mass is 280 g/mol. The van der Waals surface area contributed by atoms with Gasteiger partial charge in [0.15, 0.2) is 0 Å². The molecule has 0 radical (unpaired) electrons. The summed E-state index contributed by atoms with van der Waals surface area (Å²) in [5.74, 6) is 0.143. The summed E-state index contributed by atoms with van der Waals surface area (Å²) in [6, 6.07) is 0.0889. The highest BCUT2D eigenvalue weighted by Crippen LogP contribution is 2.30. The molecule has 0 aliphatic carbocycles. The Labute approximate surface area is 117 Å². The van der Waals surface area contributed by atoms with Crippen molar-refractivity contribution in [2.45, 2.75) is 38.5 Å². The first-order chi connectivity index (χ1) is 9.79. The third-order valence-corrected chi connectivity index (χ3v) is 3.95. The van der Waals surface area contributed by atoms with Crippen LogP contribution in [0.3, 0.4) is 0 Å². The van der Waals surface area contributed by atoms with E-state index in [1.54, 1.807) is 6.20 Å². The molecule has 7 heteroatoms. The van der Waals surface area contributed by atoms with Crippen LogP contribution in [0.1, 0.15) is 31.5 Å². The largest absolute Gasteiger partial charge is 0.381 e. The van der Waals surface area contributed by atoms with Crippen molar-refractivity contribution in [1.29, 1.82) is 0 Å². The SMILES string of the molecule is CCOCCC(=O)N1CC[C@H]2OCc3cnnn3[C@H]2C1. The number of fused-ring (bicyclic) bond motifs is 3. The molecule has 3 heterocycles. The number of piperidine rings is 1. The van der Waals surface area contributed by atoms with Gasteiger partial charge in [-0.25, -0.2) is 4.68 Å². The quantitative estimate of drug-likeness (QED) is 0.746. The van der Waals surface area contributed by atoms with Gasteiger partial charge in [-0.15, -0.1) is 5.10 Å². The summed E-state index contributed by atoms with van der Waals surface area (Å²) in [4.78, 5) is 14.0. The molecule has 1 fully saturated rings. The highest BCUT2D eigenvalue weighted by molar-refractivity contribution is 5.76. The Hall–Kier alpha value is -1.47. The van der Waals surface area contributed by atoms with Crippen LogP contribution in [0.15, 0.2) is 6.20 Å². The lowest BCUT2D eigenvalue weighted by molar-refractivity contribution is -0.139. The van der Waals surface area contributed by atoms with Gasteiger partial charge in [0.05, 0.1) is 43.7 Å². The number of hydrogen-bond donors (Lipinski definition) is 0. The van der Waals surface area contributed by atoms with Gasteiger partial charge in [0.2, 0.25) is 5.91 Å². The molecule has 0 bridgehead atoms. The van der Waals surface area contributed by atoms with Gasteiger partial charge in [-0.05, 0) is 13.3 Å². The van der Waals surface area contributed by atoms with Crippen molar-refractivity contribution in [3.63, 3.8) is 0 Å². The van der Waals surface area contributed by atoms with E-state index in [1.165, 1.54) is 0 Å². The smallest absolute Gasteiger partial charge is 0.224 e. The molecule has 3 rings (SSSR count). The predicted molar refractivity (Wildman–Crippen MR) is 69.9 cm³/mol. The van der Waals surface area contributed by atoms with E-state index >= 15 is 0 Å². The molecule has 2 aliphatic rings. The third kappa shape index (κ3) is 2.55. The molecule has 110 valence electrons. The van der Waals surface area contributed by atoms with Gasteiger partial charge < -0.3 is 14.4 Å². The van der Waals surface area contributed by atoms with Crippen LogP contribution in [-0.2, 0) is 20.9 Å². The highest BCUT2D eigenvalue weighted by Gasteiger charge is 2.37. The standard InChI is InChI=1S/C13H20N4O3/c1-2-19-6-4-13(18)16-5-3-12-11(8-16)17-10(9-20-12)7-14-15-17/h7,11-12H,2-6,8-9H2,1H3/t11-,12+/m0/s1. The number of carbonyl (C=O) groups is 1. The van der Waals surface area contributed by atoms with Crippen LogP contribution >= 0.6 is 0 Å². The fourth-order valence-electron chi connectivity index (χ4n) is 2.87. The second-order valence-corrected chi connectivity index (χ2v) is 5.16. The van der Waals surface area contributed by atoms with E-state index < -0.39 is 0 Å². The molecule has 20 heavy (non-hydrogen) atoms. The Morgan fingerprint density at radius 1 is 1.60 bits per heavy atom. The van der Waals surface area contributed by atoms with E-state index in [1.807, 2.05) is 16.5 Å². The first kappa shape index (κ1) is 13.5. The van der Waals surface area contributed by atoms with E-state index in [0.717, 1.165) is 18.7 Å². The Morgan fingerprint density at radius 2 is 2.50 bits per heavy atom. The Bertz CT molecular complexity index is 476. The zero-order valence-corrected chi connectivity index (χ0v) is 11.7. The molecule has 0 saturated carbocycles. The number of ether oxygens (including phenoxy) is 2. The average Bonchev–Trinajstić information content (AvgIpc) is 2.95. The summed E-state index contributed by atoms with van der Waals surface area (Å²) in [5, 5.41) is 8.07. The van der Waals surface area contributed by atoms with Crippen molar-refractivity contribution in [3.05, 3.63) is 11.9 Å². The minimum absolute atomic E-state index is 0.0889. The molecule has 2 atom stereocenters. The fraction of sp³-hybridized carbons (Fsp3) is 0.769. The zero-order valence-electron chi connectivity index (χ0n) is 11.7. The molecular weight excluding hydrogens is 260 g/mol. The third-order valence-electron chi connectivity index (χ3n) is 3.95. The maximum absolute atomic E-state index is 12.2. The Morgan fingerprint density at radius 3 is 3.35 bits per heavy atom. The van der Waals surface area contributed by atoms with Crippen LogP contribution in [0.5, 0.6) is 0 Å². The summed E-state index contributed by atoms with van der Waals surface area (Å²) < 4.78 is 13.0. The number of rotatable bonds is 4. The molecule has 7 nitrogen and oxygen atoms in total. The van der Waals surface area contributed by atoms with Crippen molar-refractivity contribution >= 4 is 5.91 Å². The lowest BCUT2D eigenvalue weighted by Gasteiger charge is -2.41. The first-order valence-corrected chi connectivity index (χ1v) is 7.15. The van der Waals surface area contributed by atoms with Gasteiger partial charge in [0.25, 0.3) is 0 Å². The molecule has 2 aliphatic heterocycles. The minimum atomic E-state index is 0.0889. The van der Waals surface area contributed by atoms with Crippen LogP contribution in [-0.4, -0.2) is 58.2 Å². The number of aromatic nitrogens is 3. The molecule has 1 aromatic heterocycles. The molecule has 1 saturated heterocycles. The summed E-state index contributed by atoms with van der Waals surface area (Å²) in [5.41, 5.74) is 0.981. The van der Waals surface area contributed by atoms with Gasteiger partial charge in [0.1, 0.15) is 0 Å². The Balaban J connectivity index is 1.64. The number of hydrogen-bond acceptors (Lipinski definition) is 5. The topological polar surface area (TPSA) is 69.5 Å². The highest BCUT2D eigenvalue weighted by atomic mass is 16.5. The Kier molecular flexibility index (Phi) is 3.98. The van der Waals surface area contributed by atoms with Gasteiger partial charge in [0, 0.05) is 19.7 Å². The molecule has 1 amide bonds. The van der Waals surface area contributed by atoms with Crippen LogP contribution in [0.4, 0.5) is 0 Å². The van der Waals surface area contributed by atoms with Crippen molar-refractivity contribution in [1.82, 2.24) is 19.9 Å². The number of carbonyl (C=O) groups excluding carboxylic acids is 1. The van der Waals surface area contributed by atoms with Gasteiger partial charge in [-0.3, -0.25) is 4.79 Å². The lowest BCUT2D eigenvalue weighted by atomic mass is 10.00. The van der Waals surface area contributed by atoms with Gasteiger partial charge in [-0.1, -0.05) is 5.21 Å². The number of likely N-dealkylation sites (tertiary alicyclic amines) is 1. The second-order valence-electron chi connectivity index (χ2n) is 5.16. The van der Waals surface area contributed by atoms with Crippen LogP contribution < -0.4 is 0 Å². The number of amides is 1. The van der Waals surface area contributed by atoms with E-state index in [9.17, 15) is 4.79 Å². The first-order valence-electron chi connectivity index (χ1n) is 7.15. The molecule has 0 N–H and O–H groups in total. The predicted octanol–water partition coefficient (Wildman–Crippen LogP) is 0.377. The summed E-state index contributed by atoms with van der Waals surface area (Å²) in [6.45, 7) is 5.02. The molecule has 1 aromatic rings. The number of nitrogens with zero attached hydrogens (tertiary/aromatic N) is 4. The van der Waals surface area contributed by atoms with Crippen molar-refractivity contribution in [3.8, 4) is 0 Å². The second kappa shape index (κ2) is 5.88. The molecule has 0 unspecified atom stereocenters. The fourth-order valence-corrected chi connectivity index (χ4v) is 2.87. The van der Waals surface area contributed by atoms with E-state index in [-0.39, 0.29) is 18.1 Å². The van der Waals surface area contributed by atoms with Crippen molar-refractivity contribution < 1.29 is 14.3 Å². The van der Waals surface area contributed by atoms with Crippen molar-refractivity contribution in [2.24, 2.45) is 0 Å². The minimum Gasteiger partial charge on any atom is -0.381 e. The van der Waals surface area contributed by atoms with Gasteiger partial charge >= 0.3 is 0 Å². The lowest BCUT2D eigenvalue weighted by Crippen LogP contribution is -2.50. The summed E-state index contributed by atoms with van der Waals surface area (Å²) >= 11 is 0. The summed E-state index contributed by atoms with van der Waals surface area (Å²) in [7, 11) is 0. The van der Waals surface area contributed by atoms with Crippen LogP contribution in [0.25, 0.3) is 0 Å². The maximum Gasteiger partial charge on any atom is 0.224 e. The van der Waals surface area contributed by atoms with Crippen molar-refractivity contribution in [2.75, 3.05) is 26.3 Å². The van der Waals surface area contributed by atoms with E-state index in [2.05, 4.69) is 10.3 Å². The van der Waals surface area contributed by atoms with Crippen LogP contribution in [0.2, 0.25) is 0 Å². The molecule has 0 spiro atoms. The molecule has 0 aromatic carbocycles.